The Kier molecular flexibility index (Phi) is 6.13. The molecule has 0 aliphatic rings. The molecule has 34 heavy (non-hydrogen) atoms. The highest BCUT2D eigenvalue weighted by molar-refractivity contribution is 5.76. The van der Waals surface area contributed by atoms with Crippen LogP contribution in [0.5, 0.6) is 23.0 Å². The molecule has 0 unspecified atom stereocenters. The molecule has 0 spiro atoms. The molecule has 0 N–H and O–H groups in total. The zero-order valence-electron chi connectivity index (χ0n) is 19.4. The first-order valence-corrected chi connectivity index (χ1v) is 11.4. The van der Waals surface area contributed by atoms with Gasteiger partial charge in [-0.05, 0) is 60.4 Å². The molecule has 5 aromatic rings. The van der Waals surface area contributed by atoms with Gasteiger partial charge in [-0.25, -0.2) is 0 Å². The van der Waals surface area contributed by atoms with Crippen LogP contribution in [0.4, 0.5) is 0 Å². The van der Waals surface area contributed by atoms with E-state index in [4.69, 9.17) is 9.47 Å². The number of benzene rings is 5. The second kappa shape index (κ2) is 9.68. The third kappa shape index (κ3) is 4.57. The van der Waals surface area contributed by atoms with Crippen molar-refractivity contribution in [3.05, 3.63) is 132 Å². The topological polar surface area (TPSA) is 18.5 Å². The Hall–Kier alpha value is -4.30. The lowest BCUT2D eigenvalue weighted by molar-refractivity contribution is 0.480. The van der Waals surface area contributed by atoms with E-state index in [1.807, 2.05) is 72.8 Å². The molecule has 2 heteroatoms. The van der Waals surface area contributed by atoms with Gasteiger partial charge in [0.2, 0.25) is 0 Å². The first kappa shape index (κ1) is 21.5. The van der Waals surface area contributed by atoms with Gasteiger partial charge in [0.05, 0.1) is 0 Å². The Bertz CT molecular complexity index is 1310. The minimum absolute atomic E-state index is 0.841. The van der Waals surface area contributed by atoms with Gasteiger partial charge in [0, 0.05) is 11.1 Å². The largest absolute Gasteiger partial charge is 0.456 e. The lowest BCUT2D eigenvalue weighted by Crippen LogP contribution is -1.91. The Morgan fingerprint density at radius 3 is 1.06 bits per heavy atom. The maximum atomic E-state index is 6.29. The van der Waals surface area contributed by atoms with Gasteiger partial charge in [0.1, 0.15) is 23.0 Å². The fourth-order valence-electron chi connectivity index (χ4n) is 4.00. The van der Waals surface area contributed by atoms with Crippen molar-refractivity contribution in [3.63, 3.8) is 0 Å². The summed E-state index contributed by atoms with van der Waals surface area (Å²) in [6.07, 6.45) is 0. The molecular weight excluding hydrogens is 416 g/mol. The predicted octanol–water partition coefficient (Wildman–Crippen LogP) is 9.22. The fraction of sp³-hybridized carbons (Fsp3) is 0.0625. The SMILES string of the molecule is Cc1ccccc1Oc1ccccc1-c1ccc(-c2ccccc2Oc2ccccc2C)cc1. The van der Waals surface area contributed by atoms with E-state index < -0.39 is 0 Å². The van der Waals surface area contributed by atoms with Gasteiger partial charge in [-0.2, -0.15) is 0 Å². The first-order valence-electron chi connectivity index (χ1n) is 11.4. The van der Waals surface area contributed by atoms with E-state index >= 15 is 0 Å². The number of ether oxygens (including phenoxy) is 2. The van der Waals surface area contributed by atoms with Crippen molar-refractivity contribution >= 4 is 0 Å². The molecule has 0 aliphatic carbocycles. The Balaban J connectivity index is 1.45. The summed E-state index contributed by atoms with van der Waals surface area (Å²) in [6.45, 7) is 4.12. The molecule has 0 radical (unpaired) electrons. The molecule has 0 bridgehead atoms. The summed E-state index contributed by atoms with van der Waals surface area (Å²) in [7, 11) is 0. The van der Waals surface area contributed by atoms with Crippen LogP contribution in [0.25, 0.3) is 22.3 Å². The minimum Gasteiger partial charge on any atom is -0.456 e. The smallest absolute Gasteiger partial charge is 0.135 e. The Morgan fingerprint density at radius 2 is 0.676 bits per heavy atom. The maximum absolute atomic E-state index is 6.29. The van der Waals surface area contributed by atoms with Crippen LogP contribution in [0.15, 0.2) is 121 Å². The van der Waals surface area contributed by atoms with Crippen molar-refractivity contribution in [1.29, 1.82) is 0 Å². The van der Waals surface area contributed by atoms with Crippen molar-refractivity contribution in [2.24, 2.45) is 0 Å². The lowest BCUT2D eigenvalue weighted by Gasteiger charge is -2.15. The molecule has 0 fully saturated rings. The van der Waals surface area contributed by atoms with E-state index in [1.165, 1.54) is 0 Å². The van der Waals surface area contributed by atoms with Gasteiger partial charge >= 0.3 is 0 Å². The van der Waals surface area contributed by atoms with Crippen LogP contribution in [0, 0.1) is 13.8 Å². The highest BCUT2D eigenvalue weighted by Gasteiger charge is 2.11. The molecule has 2 nitrogen and oxygen atoms in total. The van der Waals surface area contributed by atoms with Crippen molar-refractivity contribution in [2.75, 3.05) is 0 Å². The second-order valence-electron chi connectivity index (χ2n) is 8.30. The Labute approximate surface area is 201 Å². The third-order valence-corrected chi connectivity index (χ3v) is 5.91. The van der Waals surface area contributed by atoms with Gasteiger partial charge in [-0.3, -0.25) is 0 Å². The molecule has 5 aromatic carbocycles. The highest BCUT2D eigenvalue weighted by Crippen LogP contribution is 2.38. The number of rotatable bonds is 6. The van der Waals surface area contributed by atoms with Crippen LogP contribution < -0.4 is 9.47 Å². The van der Waals surface area contributed by atoms with E-state index in [-0.39, 0.29) is 0 Å². The normalized spacial score (nSPS) is 10.6. The summed E-state index contributed by atoms with van der Waals surface area (Å²) in [5.74, 6) is 3.42. The summed E-state index contributed by atoms with van der Waals surface area (Å²) in [5, 5.41) is 0. The van der Waals surface area contributed by atoms with Gasteiger partial charge in [0.25, 0.3) is 0 Å². The number of para-hydroxylation sites is 4. The quantitative estimate of drug-likeness (QED) is 0.261. The van der Waals surface area contributed by atoms with Gasteiger partial charge in [0.15, 0.2) is 0 Å². The van der Waals surface area contributed by atoms with Crippen molar-refractivity contribution in [1.82, 2.24) is 0 Å². The summed E-state index contributed by atoms with van der Waals surface area (Å²) in [6, 6.07) is 41.0. The lowest BCUT2D eigenvalue weighted by atomic mass is 9.99. The van der Waals surface area contributed by atoms with Crippen molar-refractivity contribution in [2.45, 2.75) is 13.8 Å². The van der Waals surface area contributed by atoms with Crippen LogP contribution in [-0.4, -0.2) is 0 Å². The Morgan fingerprint density at radius 1 is 0.353 bits per heavy atom. The number of hydrogen-bond donors (Lipinski definition) is 0. The average molecular weight is 443 g/mol. The molecule has 0 saturated carbocycles. The first-order chi connectivity index (χ1) is 16.7. The van der Waals surface area contributed by atoms with Gasteiger partial charge in [-0.1, -0.05) is 97.1 Å². The molecule has 0 saturated heterocycles. The zero-order valence-corrected chi connectivity index (χ0v) is 19.4. The average Bonchev–Trinajstić information content (AvgIpc) is 2.88. The molecule has 5 rings (SSSR count). The summed E-state index contributed by atoms with van der Waals surface area (Å²) in [5.41, 5.74) is 6.54. The predicted molar refractivity (Wildman–Crippen MR) is 140 cm³/mol. The maximum Gasteiger partial charge on any atom is 0.135 e. The van der Waals surface area contributed by atoms with Crippen LogP contribution in [0.2, 0.25) is 0 Å². The molecule has 0 atom stereocenters. The standard InChI is InChI=1S/C32H26O2/c1-23-11-3-7-15-29(23)33-31-17-9-5-13-27(31)25-19-21-26(22-20-25)28-14-6-10-18-32(28)34-30-16-8-4-12-24(30)2/h3-22H,1-2H3. The monoisotopic (exact) mass is 442 g/mol. The van der Waals surface area contributed by atoms with E-state index in [0.717, 1.165) is 56.4 Å². The molecule has 0 aromatic heterocycles. The third-order valence-electron chi connectivity index (χ3n) is 5.91. The van der Waals surface area contributed by atoms with Gasteiger partial charge in [-0.15, -0.1) is 0 Å². The number of aryl methyl sites for hydroxylation is 2. The minimum atomic E-state index is 0.841. The van der Waals surface area contributed by atoms with Gasteiger partial charge < -0.3 is 9.47 Å². The van der Waals surface area contributed by atoms with Crippen LogP contribution in [0.3, 0.4) is 0 Å². The molecule has 0 amide bonds. The van der Waals surface area contributed by atoms with Crippen molar-refractivity contribution < 1.29 is 9.47 Å². The van der Waals surface area contributed by atoms with E-state index in [1.54, 1.807) is 0 Å². The zero-order chi connectivity index (χ0) is 23.3. The van der Waals surface area contributed by atoms with E-state index in [0.29, 0.717) is 0 Å². The summed E-state index contributed by atoms with van der Waals surface area (Å²) < 4.78 is 12.6. The highest BCUT2D eigenvalue weighted by atomic mass is 16.5. The molecule has 0 heterocycles. The van der Waals surface area contributed by atoms with Crippen LogP contribution >= 0.6 is 0 Å². The fourth-order valence-corrected chi connectivity index (χ4v) is 4.00. The molecular formula is C32H26O2. The van der Waals surface area contributed by atoms with E-state index in [9.17, 15) is 0 Å². The van der Waals surface area contributed by atoms with Crippen LogP contribution in [0.1, 0.15) is 11.1 Å². The molecule has 166 valence electrons. The summed E-state index contributed by atoms with van der Waals surface area (Å²) in [4.78, 5) is 0. The van der Waals surface area contributed by atoms with Crippen LogP contribution in [-0.2, 0) is 0 Å². The number of hydrogen-bond acceptors (Lipinski definition) is 2. The molecule has 0 aliphatic heterocycles. The van der Waals surface area contributed by atoms with Crippen molar-refractivity contribution in [3.8, 4) is 45.3 Å². The summed E-state index contributed by atoms with van der Waals surface area (Å²) >= 11 is 0. The second-order valence-corrected chi connectivity index (χ2v) is 8.30. The van der Waals surface area contributed by atoms with E-state index in [2.05, 4.69) is 62.4 Å².